The summed E-state index contributed by atoms with van der Waals surface area (Å²) in [6.07, 6.45) is 2.17. The van der Waals surface area contributed by atoms with Gasteiger partial charge in [0.2, 0.25) is 0 Å². The van der Waals surface area contributed by atoms with Crippen molar-refractivity contribution in [3.8, 4) is 0 Å². The van der Waals surface area contributed by atoms with Crippen molar-refractivity contribution < 1.29 is 4.74 Å². The molecule has 1 aliphatic rings. The van der Waals surface area contributed by atoms with Crippen molar-refractivity contribution >= 4 is 5.69 Å². The standard InChI is InChI=1S/C13H20N2O/c1-16-10-11-4-2-3-5-13(11)15-8-6-12(14)7-9-15/h2-5,12H,6-10,14H2,1H3. The molecule has 2 rings (SSSR count). The summed E-state index contributed by atoms with van der Waals surface area (Å²) in [6.45, 7) is 2.79. The highest BCUT2D eigenvalue weighted by Gasteiger charge is 2.17. The Balaban J connectivity index is 2.13. The van der Waals surface area contributed by atoms with E-state index in [4.69, 9.17) is 10.5 Å². The Labute approximate surface area is 97.2 Å². The van der Waals surface area contributed by atoms with E-state index in [1.54, 1.807) is 7.11 Å². The van der Waals surface area contributed by atoms with Crippen LogP contribution in [-0.4, -0.2) is 26.2 Å². The molecule has 0 aromatic heterocycles. The Morgan fingerprint density at radius 2 is 2.00 bits per heavy atom. The van der Waals surface area contributed by atoms with Gasteiger partial charge in [0.1, 0.15) is 0 Å². The van der Waals surface area contributed by atoms with Crippen molar-refractivity contribution in [3.05, 3.63) is 29.8 Å². The second-order valence-electron chi connectivity index (χ2n) is 4.39. The second kappa shape index (κ2) is 5.32. The molecule has 16 heavy (non-hydrogen) atoms. The van der Waals surface area contributed by atoms with Crippen LogP contribution >= 0.6 is 0 Å². The van der Waals surface area contributed by atoms with Crippen LogP contribution in [0.15, 0.2) is 24.3 Å². The van der Waals surface area contributed by atoms with Crippen LogP contribution < -0.4 is 10.6 Å². The molecule has 2 N–H and O–H groups in total. The van der Waals surface area contributed by atoms with Crippen molar-refractivity contribution in [2.75, 3.05) is 25.1 Å². The number of anilines is 1. The number of hydrogen-bond acceptors (Lipinski definition) is 3. The Morgan fingerprint density at radius 3 is 2.69 bits per heavy atom. The van der Waals surface area contributed by atoms with E-state index in [1.165, 1.54) is 11.3 Å². The summed E-state index contributed by atoms with van der Waals surface area (Å²) in [5.41, 5.74) is 8.49. The number of piperidine rings is 1. The van der Waals surface area contributed by atoms with Crippen molar-refractivity contribution in [1.29, 1.82) is 0 Å². The molecule has 1 aromatic rings. The summed E-state index contributed by atoms with van der Waals surface area (Å²) in [4.78, 5) is 2.41. The van der Waals surface area contributed by atoms with Gasteiger partial charge in [-0.1, -0.05) is 18.2 Å². The molecule has 0 atom stereocenters. The van der Waals surface area contributed by atoms with Gasteiger partial charge < -0.3 is 15.4 Å². The molecule has 0 bridgehead atoms. The lowest BCUT2D eigenvalue weighted by Gasteiger charge is -2.33. The first-order valence-electron chi connectivity index (χ1n) is 5.88. The van der Waals surface area contributed by atoms with Gasteiger partial charge in [-0.25, -0.2) is 0 Å². The summed E-state index contributed by atoms with van der Waals surface area (Å²) < 4.78 is 5.23. The lowest BCUT2D eigenvalue weighted by atomic mass is 10.0. The van der Waals surface area contributed by atoms with Gasteiger partial charge >= 0.3 is 0 Å². The normalized spacial score (nSPS) is 17.8. The quantitative estimate of drug-likeness (QED) is 0.843. The van der Waals surface area contributed by atoms with E-state index >= 15 is 0 Å². The van der Waals surface area contributed by atoms with Gasteiger partial charge in [-0.05, 0) is 18.9 Å². The van der Waals surface area contributed by atoms with Crippen molar-refractivity contribution in [2.45, 2.75) is 25.5 Å². The van der Waals surface area contributed by atoms with Gasteiger partial charge in [0.25, 0.3) is 0 Å². The third kappa shape index (κ3) is 2.54. The molecule has 1 fully saturated rings. The minimum absolute atomic E-state index is 0.380. The Bertz CT molecular complexity index is 332. The molecular formula is C13H20N2O. The minimum atomic E-state index is 0.380. The zero-order chi connectivity index (χ0) is 11.4. The van der Waals surface area contributed by atoms with Crippen molar-refractivity contribution in [3.63, 3.8) is 0 Å². The van der Waals surface area contributed by atoms with Crippen LogP contribution in [0.5, 0.6) is 0 Å². The molecule has 1 aliphatic heterocycles. The molecule has 1 saturated heterocycles. The molecule has 0 saturated carbocycles. The zero-order valence-electron chi connectivity index (χ0n) is 9.86. The van der Waals surface area contributed by atoms with Crippen molar-refractivity contribution in [1.82, 2.24) is 0 Å². The lowest BCUT2D eigenvalue weighted by molar-refractivity contribution is 0.185. The average Bonchev–Trinajstić information content (AvgIpc) is 2.32. The van der Waals surface area contributed by atoms with Crippen LogP contribution in [0.1, 0.15) is 18.4 Å². The predicted octanol–water partition coefficient (Wildman–Crippen LogP) is 1.76. The van der Waals surface area contributed by atoms with Crippen LogP contribution in [-0.2, 0) is 11.3 Å². The Morgan fingerprint density at radius 1 is 1.31 bits per heavy atom. The van der Waals surface area contributed by atoms with E-state index in [0.717, 1.165) is 25.9 Å². The van der Waals surface area contributed by atoms with Gasteiger partial charge in [-0.15, -0.1) is 0 Å². The maximum absolute atomic E-state index is 5.92. The van der Waals surface area contributed by atoms with E-state index in [9.17, 15) is 0 Å². The van der Waals surface area contributed by atoms with E-state index in [0.29, 0.717) is 12.6 Å². The highest BCUT2D eigenvalue weighted by atomic mass is 16.5. The van der Waals surface area contributed by atoms with Gasteiger partial charge in [0.15, 0.2) is 0 Å². The van der Waals surface area contributed by atoms with E-state index in [-0.39, 0.29) is 0 Å². The highest BCUT2D eigenvalue weighted by molar-refractivity contribution is 5.53. The summed E-state index contributed by atoms with van der Waals surface area (Å²) in [5, 5.41) is 0. The predicted molar refractivity (Wildman–Crippen MR) is 66.6 cm³/mol. The molecule has 3 nitrogen and oxygen atoms in total. The largest absolute Gasteiger partial charge is 0.380 e. The SMILES string of the molecule is COCc1ccccc1N1CCC(N)CC1. The van der Waals surface area contributed by atoms with Crippen LogP contribution in [0.3, 0.4) is 0 Å². The fourth-order valence-corrected chi connectivity index (χ4v) is 2.24. The molecule has 1 heterocycles. The first kappa shape index (κ1) is 11.4. The lowest BCUT2D eigenvalue weighted by Crippen LogP contribution is -2.40. The van der Waals surface area contributed by atoms with Crippen LogP contribution in [0.4, 0.5) is 5.69 Å². The zero-order valence-corrected chi connectivity index (χ0v) is 9.86. The first-order valence-corrected chi connectivity index (χ1v) is 5.88. The molecule has 0 radical (unpaired) electrons. The summed E-state index contributed by atoms with van der Waals surface area (Å²) in [6, 6.07) is 8.83. The molecule has 0 spiro atoms. The summed E-state index contributed by atoms with van der Waals surface area (Å²) in [7, 11) is 1.74. The van der Waals surface area contributed by atoms with Gasteiger partial charge in [-0.3, -0.25) is 0 Å². The number of methoxy groups -OCH3 is 1. The van der Waals surface area contributed by atoms with Gasteiger partial charge in [0.05, 0.1) is 6.61 Å². The molecule has 0 unspecified atom stereocenters. The third-order valence-corrected chi connectivity index (χ3v) is 3.17. The number of para-hydroxylation sites is 1. The second-order valence-corrected chi connectivity index (χ2v) is 4.39. The molecule has 1 aromatic carbocycles. The first-order chi connectivity index (χ1) is 7.81. The highest BCUT2D eigenvalue weighted by Crippen LogP contribution is 2.24. The molecule has 3 heteroatoms. The minimum Gasteiger partial charge on any atom is -0.380 e. The number of ether oxygens (including phenoxy) is 1. The fraction of sp³-hybridized carbons (Fsp3) is 0.538. The smallest absolute Gasteiger partial charge is 0.0733 e. The molecule has 0 aliphatic carbocycles. The Kier molecular flexibility index (Phi) is 3.80. The third-order valence-electron chi connectivity index (χ3n) is 3.17. The monoisotopic (exact) mass is 220 g/mol. The number of nitrogens with two attached hydrogens (primary N) is 1. The maximum Gasteiger partial charge on any atom is 0.0733 e. The van der Waals surface area contributed by atoms with Crippen molar-refractivity contribution in [2.24, 2.45) is 5.73 Å². The summed E-state index contributed by atoms with van der Waals surface area (Å²) >= 11 is 0. The number of rotatable bonds is 3. The van der Waals surface area contributed by atoms with E-state index in [1.807, 2.05) is 0 Å². The van der Waals surface area contributed by atoms with Crippen LogP contribution in [0, 0.1) is 0 Å². The fourth-order valence-electron chi connectivity index (χ4n) is 2.24. The number of hydrogen-bond donors (Lipinski definition) is 1. The summed E-state index contributed by atoms with van der Waals surface area (Å²) in [5.74, 6) is 0. The molecule has 0 amide bonds. The van der Waals surface area contributed by atoms with E-state index in [2.05, 4.69) is 29.2 Å². The Hall–Kier alpha value is -1.06. The van der Waals surface area contributed by atoms with Crippen LogP contribution in [0.25, 0.3) is 0 Å². The average molecular weight is 220 g/mol. The van der Waals surface area contributed by atoms with Gasteiger partial charge in [-0.2, -0.15) is 0 Å². The van der Waals surface area contributed by atoms with Gasteiger partial charge in [0, 0.05) is 37.5 Å². The number of benzene rings is 1. The topological polar surface area (TPSA) is 38.5 Å². The van der Waals surface area contributed by atoms with E-state index < -0.39 is 0 Å². The number of nitrogens with zero attached hydrogens (tertiary/aromatic N) is 1. The van der Waals surface area contributed by atoms with Crippen LogP contribution in [0.2, 0.25) is 0 Å². The molecular weight excluding hydrogens is 200 g/mol. The molecule has 88 valence electrons. The maximum atomic E-state index is 5.92.